The zero-order valence-electron chi connectivity index (χ0n) is 22.5. The molecule has 210 valence electrons. The van der Waals surface area contributed by atoms with Gasteiger partial charge in [0.05, 0.1) is 31.4 Å². The van der Waals surface area contributed by atoms with Gasteiger partial charge in [-0.25, -0.2) is 9.97 Å². The van der Waals surface area contributed by atoms with Crippen LogP contribution in [0.1, 0.15) is 69.2 Å². The fourth-order valence-electron chi connectivity index (χ4n) is 4.94. The first-order chi connectivity index (χ1) is 19.7. The molecule has 0 saturated heterocycles. The molecule has 4 aromatic rings. The molecule has 11 nitrogen and oxygen atoms in total. The molecule has 11 heteroatoms. The molecular weight excluding hydrogens is 530 g/mol. The van der Waals surface area contributed by atoms with Gasteiger partial charge < -0.3 is 29.5 Å². The molecule has 0 bridgehead atoms. The number of nitrogens with zero attached hydrogens (tertiary/aromatic N) is 3. The first-order valence-corrected chi connectivity index (χ1v) is 12.7. The van der Waals surface area contributed by atoms with Crippen molar-refractivity contribution in [2.24, 2.45) is 0 Å². The minimum Gasteiger partial charge on any atom is -0.507 e. The number of carbonyl (C=O) groups excluding carboxylic acids is 2. The molecule has 3 heterocycles. The molecule has 0 unspecified atom stereocenters. The number of rotatable bonds is 8. The SMILES string of the molecule is COC(=O)C[C@@H](c1cccc(Oc2ncccn2)c1)c1c(O)c(C(C)=O)cc([C@H]2OCc3cnc(C)c(O)c32)c1O. The van der Waals surface area contributed by atoms with Gasteiger partial charge in [0.15, 0.2) is 5.78 Å². The van der Waals surface area contributed by atoms with Crippen LogP contribution in [0.15, 0.2) is 55.0 Å². The molecule has 5 rings (SSSR count). The summed E-state index contributed by atoms with van der Waals surface area (Å²) < 4.78 is 16.6. The van der Waals surface area contributed by atoms with Gasteiger partial charge in [0, 0.05) is 46.8 Å². The Balaban J connectivity index is 1.69. The Labute approximate surface area is 235 Å². The average molecular weight is 558 g/mol. The molecule has 0 fully saturated rings. The molecule has 3 N–H and O–H groups in total. The van der Waals surface area contributed by atoms with Crippen molar-refractivity contribution in [1.82, 2.24) is 15.0 Å². The van der Waals surface area contributed by atoms with Crippen molar-refractivity contribution in [3.05, 3.63) is 94.1 Å². The molecule has 0 radical (unpaired) electrons. The smallest absolute Gasteiger partial charge is 0.321 e. The number of pyridine rings is 1. The molecule has 0 saturated carbocycles. The van der Waals surface area contributed by atoms with Gasteiger partial charge in [0.2, 0.25) is 0 Å². The standard InChI is InChI=1S/C30H27N3O8/c1-15-26(36)24-18(13-33-15)14-40-29(24)22-11-20(16(2)34)27(37)25(28(22)38)21(12-23(35)39-3)17-6-4-7-19(10-17)41-30-31-8-5-9-32-30/h4-11,13,21,29,36-38H,12,14H2,1-3H3/t21-,29+/m0/s1. The number of phenols is 2. The van der Waals surface area contributed by atoms with E-state index in [1.807, 2.05) is 0 Å². The van der Waals surface area contributed by atoms with E-state index < -0.39 is 35.3 Å². The molecular formula is C30H27N3O8. The third-order valence-electron chi connectivity index (χ3n) is 6.98. The van der Waals surface area contributed by atoms with Gasteiger partial charge in [-0.2, -0.15) is 0 Å². The second kappa shape index (κ2) is 11.2. The zero-order valence-corrected chi connectivity index (χ0v) is 22.5. The van der Waals surface area contributed by atoms with Crippen LogP contribution in [0.5, 0.6) is 29.0 Å². The van der Waals surface area contributed by atoms with Gasteiger partial charge in [-0.1, -0.05) is 12.1 Å². The lowest BCUT2D eigenvalue weighted by Gasteiger charge is -2.25. The number of fused-ring (bicyclic) bond motifs is 1. The average Bonchev–Trinajstić information content (AvgIpc) is 3.39. The maximum atomic E-state index is 12.7. The van der Waals surface area contributed by atoms with Gasteiger partial charge in [-0.3, -0.25) is 14.6 Å². The monoisotopic (exact) mass is 557 g/mol. The summed E-state index contributed by atoms with van der Waals surface area (Å²) >= 11 is 0. The first kappa shape index (κ1) is 27.5. The first-order valence-electron chi connectivity index (χ1n) is 12.7. The van der Waals surface area contributed by atoms with E-state index in [4.69, 9.17) is 14.2 Å². The highest BCUT2D eigenvalue weighted by Gasteiger charge is 2.36. The number of aromatic nitrogens is 3. The number of ether oxygens (including phenoxy) is 3. The van der Waals surface area contributed by atoms with E-state index in [0.717, 1.165) is 0 Å². The van der Waals surface area contributed by atoms with Crippen molar-refractivity contribution in [2.45, 2.75) is 38.9 Å². The van der Waals surface area contributed by atoms with Crippen LogP contribution in [0.4, 0.5) is 0 Å². The van der Waals surface area contributed by atoms with Crippen molar-refractivity contribution in [2.75, 3.05) is 7.11 Å². The van der Waals surface area contributed by atoms with Gasteiger partial charge in [-0.05, 0) is 43.7 Å². The number of carbonyl (C=O) groups is 2. The Hall–Kier alpha value is -5.03. The van der Waals surface area contributed by atoms with Crippen LogP contribution in [0, 0.1) is 6.92 Å². The topological polar surface area (TPSA) is 161 Å². The van der Waals surface area contributed by atoms with Gasteiger partial charge in [0.25, 0.3) is 0 Å². The van der Waals surface area contributed by atoms with E-state index in [0.29, 0.717) is 28.1 Å². The normalized spacial score (nSPS) is 14.8. The highest BCUT2D eigenvalue weighted by atomic mass is 16.5. The van der Waals surface area contributed by atoms with E-state index in [-0.39, 0.29) is 41.5 Å². The second-order valence-electron chi connectivity index (χ2n) is 9.54. The maximum absolute atomic E-state index is 12.7. The van der Waals surface area contributed by atoms with Crippen LogP contribution in [-0.4, -0.2) is 49.1 Å². The fourth-order valence-corrected chi connectivity index (χ4v) is 4.94. The highest BCUT2D eigenvalue weighted by Crippen LogP contribution is 2.50. The number of benzene rings is 2. The molecule has 2 aromatic carbocycles. The van der Waals surface area contributed by atoms with Crippen LogP contribution < -0.4 is 4.74 Å². The summed E-state index contributed by atoms with van der Waals surface area (Å²) in [5, 5.41) is 33.8. The summed E-state index contributed by atoms with van der Waals surface area (Å²) in [7, 11) is 1.23. The van der Waals surface area contributed by atoms with Crippen molar-refractivity contribution >= 4 is 11.8 Å². The zero-order chi connectivity index (χ0) is 29.3. The lowest BCUT2D eigenvalue weighted by molar-refractivity contribution is -0.140. The number of Topliss-reactive ketones (excluding diaryl/α,β-unsaturated/α-hetero) is 1. The number of esters is 1. The maximum Gasteiger partial charge on any atom is 0.321 e. The van der Waals surface area contributed by atoms with Crippen LogP contribution in [0.3, 0.4) is 0 Å². The van der Waals surface area contributed by atoms with Crippen molar-refractivity contribution in [3.8, 4) is 29.0 Å². The quantitative estimate of drug-likeness (QED) is 0.205. The minimum atomic E-state index is -0.977. The molecule has 1 aliphatic heterocycles. The number of phenolic OH excluding ortho intramolecular Hbond substituents is 2. The van der Waals surface area contributed by atoms with Gasteiger partial charge in [-0.15, -0.1) is 0 Å². The van der Waals surface area contributed by atoms with E-state index in [1.54, 1.807) is 43.5 Å². The summed E-state index contributed by atoms with van der Waals surface area (Å²) in [6, 6.07) is 9.72. The number of aryl methyl sites for hydroxylation is 1. The van der Waals surface area contributed by atoms with E-state index >= 15 is 0 Å². The third-order valence-corrected chi connectivity index (χ3v) is 6.98. The molecule has 1 aliphatic rings. The number of methoxy groups -OCH3 is 1. The van der Waals surface area contributed by atoms with Gasteiger partial charge in [0.1, 0.15) is 29.1 Å². The summed E-state index contributed by atoms with van der Waals surface area (Å²) in [4.78, 5) is 37.6. The largest absolute Gasteiger partial charge is 0.507 e. The van der Waals surface area contributed by atoms with Crippen LogP contribution in [0.2, 0.25) is 0 Å². The fraction of sp³-hybridized carbons (Fsp3) is 0.233. The summed E-state index contributed by atoms with van der Waals surface area (Å²) in [6.07, 6.45) is 3.37. The molecule has 0 aliphatic carbocycles. The summed E-state index contributed by atoms with van der Waals surface area (Å²) in [5.41, 5.74) is 1.84. The Morgan fingerprint density at radius 3 is 2.51 bits per heavy atom. The van der Waals surface area contributed by atoms with Crippen LogP contribution in [-0.2, 0) is 20.9 Å². The van der Waals surface area contributed by atoms with Crippen LogP contribution in [0.25, 0.3) is 0 Å². The predicted molar refractivity (Wildman–Crippen MR) is 144 cm³/mol. The summed E-state index contributed by atoms with van der Waals surface area (Å²) in [5.74, 6) is -2.72. The number of hydrogen-bond acceptors (Lipinski definition) is 11. The Bertz CT molecular complexity index is 1640. The molecule has 0 amide bonds. The number of hydrogen-bond donors (Lipinski definition) is 3. The van der Waals surface area contributed by atoms with E-state index in [2.05, 4.69) is 15.0 Å². The second-order valence-corrected chi connectivity index (χ2v) is 9.54. The molecule has 2 atom stereocenters. The lowest BCUT2D eigenvalue weighted by Crippen LogP contribution is -2.13. The number of aromatic hydroxyl groups is 3. The Morgan fingerprint density at radius 1 is 1.05 bits per heavy atom. The molecule has 41 heavy (non-hydrogen) atoms. The summed E-state index contributed by atoms with van der Waals surface area (Å²) in [6.45, 7) is 3.02. The van der Waals surface area contributed by atoms with Crippen LogP contribution >= 0.6 is 0 Å². The highest BCUT2D eigenvalue weighted by molar-refractivity contribution is 5.98. The lowest BCUT2D eigenvalue weighted by atomic mass is 9.83. The predicted octanol–water partition coefficient (Wildman–Crippen LogP) is 4.61. The number of ketones is 1. The van der Waals surface area contributed by atoms with Crippen molar-refractivity contribution in [1.29, 1.82) is 0 Å². The van der Waals surface area contributed by atoms with Gasteiger partial charge >= 0.3 is 12.0 Å². The minimum absolute atomic E-state index is 0.0754. The third kappa shape index (κ3) is 5.27. The van der Waals surface area contributed by atoms with Crippen molar-refractivity contribution < 1.29 is 39.1 Å². The van der Waals surface area contributed by atoms with Crippen molar-refractivity contribution in [3.63, 3.8) is 0 Å². The van der Waals surface area contributed by atoms with E-state index in [9.17, 15) is 24.9 Å². The Morgan fingerprint density at radius 2 is 1.80 bits per heavy atom. The molecule has 0 spiro atoms. The Kier molecular flexibility index (Phi) is 7.54. The molecule has 2 aromatic heterocycles. The van der Waals surface area contributed by atoms with E-state index in [1.165, 1.54) is 32.5 Å².